The van der Waals surface area contributed by atoms with E-state index in [1.165, 1.54) is 18.5 Å². The van der Waals surface area contributed by atoms with Crippen LogP contribution in [0.1, 0.15) is 13.3 Å². The summed E-state index contributed by atoms with van der Waals surface area (Å²) in [5, 5.41) is 0. The monoisotopic (exact) mass is 299 g/mol. The minimum absolute atomic E-state index is 0.0767. The first-order valence-corrected chi connectivity index (χ1v) is 8.17. The van der Waals surface area contributed by atoms with Gasteiger partial charge in [-0.2, -0.15) is 0 Å². The third kappa shape index (κ3) is 3.45. The van der Waals surface area contributed by atoms with Gasteiger partial charge in [0, 0.05) is 25.5 Å². The van der Waals surface area contributed by atoms with Crippen LogP contribution in [0.25, 0.3) is 0 Å². The van der Waals surface area contributed by atoms with Crippen LogP contribution in [0.4, 0.5) is 5.69 Å². The Kier molecular flexibility index (Phi) is 4.92. The summed E-state index contributed by atoms with van der Waals surface area (Å²) in [6.45, 7) is 5.53. The van der Waals surface area contributed by atoms with Gasteiger partial charge in [0.25, 0.3) is 0 Å². The van der Waals surface area contributed by atoms with Gasteiger partial charge in [-0.15, -0.1) is 0 Å². The molecule has 2 rings (SSSR count). The van der Waals surface area contributed by atoms with Crippen molar-refractivity contribution < 1.29 is 8.42 Å². The fraction of sp³-hybridized carbons (Fsp3) is 0.583. The number of likely N-dealkylation sites (tertiary alicyclic amines) is 1. The molecule has 0 bridgehead atoms. The molecule has 1 aromatic heterocycles. The van der Waals surface area contributed by atoms with Crippen molar-refractivity contribution in [3.05, 3.63) is 18.5 Å². The second-order valence-corrected chi connectivity index (χ2v) is 6.65. The third-order valence-corrected chi connectivity index (χ3v) is 5.06. The van der Waals surface area contributed by atoms with Crippen molar-refractivity contribution in [2.45, 2.75) is 18.2 Å². The lowest BCUT2D eigenvalue weighted by Gasteiger charge is -2.15. The second kappa shape index (κ2) is 6.49. The molecule has 1 unspecified atom stereocenters. The zero-order valence-electron chi connectivity index (χ0n) is 11.5. The highest BCUT2D eigenvalue weighted by molar-refractivity contribution is 7.89. The van der Waals surface area contributed by atoms with Gasteiger partial charge in [0.15, 0.2) is 0 Å². The van der Waals surface area contributed by atoms with E-state index in [0.717, 1.165) is 26.1 Å². The molecule has 0 amide bonds. The Morgan fingerprint density at radius 3 is 3.00 bits per heavy atom. The number of hydrazine groups is 1. The Morgan fingerprint density at radius 2 is 2.35 bits per heavy atom. The summed E-state index contributed by atoms with van der Waals surface area (Å²) in [6.07, 6.45) is 3.81. The molecule has 1 saturated heterocycles. The number of nitrogen functional groups attached to an aromatic ring is 1. The summed E-state index contributed by atoms with van der Waals surface area (Å²) in [5.41, 5.74) is 2.72. The Morgan fingerprint density at radius 1 is 1.55 bits per heavy atom. The van der Waals surface area contributed by atoms with Crippen LogP contribution >= 0.6 is 0 Å². The first-order valence-electron chi connectivity index (χ1n) is 6.69. The van der Waals surface area contributed by atoms with Crippen LogP contribution in [-0.2, 0) is 10.0 Å². The van der Waals surface area contributed by atoms with Gasteiger partial charge in [0.2, 0.25) is 10.0 Å². The summed E-state index contributed by atoms with van der Waals surface area (Å²) >= 11 is 0. The fourth-order valence-electron chi connectivity index (χ4n) is 2.39. The van der Waals surface area contributed by atoms with Gasteiger partial charge in [-0.1, -0.05) is 6.92 Å². The van der Waals surface area contributed by atoms with E-state index in [-0.39, 0.29) is 4.90 Å². The maximum Gasteiger partial charge on any atom is 0.244 e. The van der Waals surface area contributed by atoms with E-state index >= 15 is 0 Å². The van der Waals surface area contributed by atoms with Crippen LogP contribution in [0, 0.1) is 5.92 Å². The molecule has 0 radical (unpaired) electrons. The minimum atomic E-state index is -3.59. The fourth-order valence-corrected chi connectivity index (χ4v) is 3.61. The molecule has 8 heteroatoms. The van der Waals surface area contributed by atoms with E-state index in [1.807, 2.05) is 0 Å². The molecule has 1 fully saturated rings. The van der Waals surface area contributed by atoms with Crippen molar-refractivity contribution in [3.8, 4) is 0 Å². The molecule has 1 aliphatic heterocycles. The minimum Gasteiger partial charge on any atom is -0.323 e. The molecule has 4 N–H and O–H groups in total. The van der Waals surface area contributed by atoms with Gasteiger partial charge in [-0.25, -0.2) is 13.1 Å². The molecule has 1 aliphatic rings. The predicted octanol–water partition coefficient (Wildman–Crippen LogP) is -0.0127. The maximum atomic E-state index is 12.3. The lowest BCUT2D eigenvalue weighted by atomic mass is 10.1. The maximum absolute atomic E-state index is 12.3. The van der Waals surface area contributed by atoms with Crippen LogP contribution in [0.2, 0.25) is 0 Å². The number of sulfonamides is 1. The highest BCUT2D eigenvalue weighted by atomic mass is 32.2. The van der Waals surface area contributed by atoms with Crippen molar-refractivity contribution in [3.63, 3.8) is 0 Å². The molecule has 0 spiro atoms. The van der Waals surface area contributed by atoms with Crippen LogP contribution in [0.5, 0.6) is 0 Å². The van der Waals surface area contributed by atoms with Crippen LogP contribution in [-0.4, -0.2) is 44.5 Å². The van der Waals surface area contributed by atoms with Gasteiger partial charge in [0.1, 0.15) is 4.90 Å². The number of anilines is 1. The molecule has 7 nitrogen and oxygen atoms in total. The normalized spacial score (nSPS) is 20.2. The summed E-state index contributed by atoms with van der Waals surface area (Å²) in [7, 11) is -3.59. The van der Waals surface area contributed by atoms with Gasteiger partial charge in [0.05, 0.1) is 5.69 Å². The molecule has 0 aromatic carbocycles. The largest absolute Gasteiger partial charge is 0.323 e. The Hall–Kier alpha value is -1.22. The van der Waals surface area contributed by atoms with Crippen molar-refractivity contribution in [2.24, 2.45) is 11.8 Å². The number of nitrogens with one attached hydrogen (secondary N) is 2. The standard InChI is InChI=1S/C12H21N5O2S/c1-2-17-6-4-10(9-17)7-15-20(18,19)12-8-14-5-3-11(12)16-13/h3,5,8,10,15H,2,4,6-7,9,13H2,1H3,(H,14,16). The van der Waals surface area contributed by atoms with Gasteiger partial charge >= 0.3 is 0 Å². The zero-order chi connectivity index (χ0) is 14.6. The lowest BCUT2D eigenvalue weighted by molar-refractivity contribution is 0.342. The summed E-state index contributed by atoms with van der Waals surface area (Å²) in [5.74, 6) is 5.68. The molecule has 2 heterocycles. The van der Waals surface area contributed by atoms with Crippen molar-refractivity contribution >= 4 is 15.7 Å². The molecule has 0 saturated carbocycles. The SMILES string of the molecule is CCN1CCC(CNS(=O)(=O)c2cnccc2NN)C1. The van der Waals surface area contributed by atoms with E-state index in [0.29, 0.717) is 18.2 Å². The molecule has 112 valence electrons. The van der Waals surface area contributed by atoms with Crippen LogP contribution in [0.15, 0.2) is 23.4 Å². The number of rotatable bonds is 6. The Bertz CT molecular complexity index is 549. The van der Waals surface area contributed by atoms with Crippen LogP contribution < -0.4 is 16.0 Å². The quantitative estimate of drug-likeness (QED) is 0.504. The number of hydrogen-bond donors (Lipinski definition) is 3. The highest BCUT2D eigenvalue weighted by Gasteiger charge is 2.24. The van der Waals surface area contributed by atoms with Gasteiger partial charge in [-0.05, 0) is 31.5 Å². The van der Waals surface area contributed by atoms with Gasteiger partial charge in [-0.3, -0.25) is 10.8 Å². The van der Waals surface area contributed by atoms with E-state index < -0.39 is 10.0 Å². The Balaban J connectivity index is 2.01. The van der Waals surface area contributed by atoms with Crippen molar-refractivity contribution in [1.82, 2.24) is 14.6 Å². The molecular weight excluding hydrogens is 278 g/mol. The Labute approximate surface area is 119 Å². The highest BCUT2D eigenvalue weighted by Crippen LogP contribution is 2.19. The number of nitrogens with two attached hydrogens (primary N) is 1. The van der Waals surface area contributed by atoms with E-state index in [2.05, 4.69) is 27.0 Å². The van der Waals surface area contributed by atoms with E-state index in [1.54, 1.807) is 0 Å². The topological polar surface area (TPSA) is 100 Å². The van der Waals surface area contributed by atoms with E-state index in [9.17, 15) is 8.42 Å². The van der Waals surface area contributed by atoms with Gasteiger partial charge < -0.3 is 10.3 Å². The smallest absolute Gasteiger partial charge is 0.244 e. The number of hydrogen-bond acceptors (Lipinski definition) is 6. The number of aromatic nitrogens is 1. The summed E-state index contributed by atoms with van der Waals surface area (Å²) < 4.78 is 27.2. The zero-order valence-corrected chi connectivity index (χ0v) is 12.4. The molecule has 1 aromatic rings. The average Bonchev–Trinajstić information content (AvgIpc) is 2.93. The first kappa shape index (κ1) is 15.2. The molecule has 1 atom stereocenters. The molecule has 20 heavy (non-hydrogen) atoms. The molecule has 0 aliphatic carbocycles. The average molecular weight is 299 g/mol. The predicted molar refractivity (Wildman–Crippen MR) is 77.5 cm³/mol. The lowest BCUT2D eigenvalue weighted by Crippen LogP contribution is -2.31. The first-order chi connectivity index (χ1) is 9.56. The second-order valence-electron chi connectivity index (χ2n) is 4.92. The summed E-state index contributed by atoms with van der Waals surface area (Å²) in [6, 6.07) is 1.53. The summed E-state index contributed by atoms with van der Waals surface area (Å²) in [4.78, 5) is 6.23. The van der Waals surface area contributed by atoms with E-state index in [4.69, 9.17) is 5.84 Å². The molecular formula is C12H21N5O2S. The number of nitrogens with zero attached hydrogens (tertiary/aromatic N) is 2. The van der Waals surface area contributed by atoms with Crippen molar-refractivity contribution in [1.29, 1.82) is 0 Å². The van der Waals surface area contributed by atoms with Crippen molar-refractivity contribution in [2.75, 3.05) is 31.6 Å². The number of pyridine rings is 1. The van der Waals surface area contributed by atoms with Crippen LogP contribution in [0.3, 0.4) is 0 Å². The third-order valence-electron chi connectivity index (χ3n) is 3.61.